The number of amides is 1. The highest BCUT2D eigenvalue weighted by Gasteiger charge is 2.18. The molecule has 4 heteroatoms. The minimum Gasteiger partial charge on any atom is -0.493 e. The average molecular weight is 233 g/mol. The van der Waals surface area contributed by atoms with Crippen LogP contribution in [0.3, 0.4) is 0 Å². The fraction of sp³-hybridized carbons (Fsp3) is 0.308. The molecule has 17 heavy (non-hydrogen) atoms. The van der Waals surface area contributed by atoms with E-state index in [0.717, 1.165) is 0 Å². The number of methoxy groups -OCH3 is 2. The lowest BCUT2D eigenvalue weighted by molar-refractivity contribution is 0.0808. The van der Waals surface area contributed by atoms with E-state index in [-0.39, 0.29) is 12.5 Å². The van der Waals surface area contributed by atoms with Crippen molar-refractivity contribution in [3.63, 3.8) is 0 Å². The van der Waals surface area contributed by atoms with Gasteiger partial charge in [-0.3, -0.25) is 4.79 Å². The summed E-state index contributed by atoms with van der Waals surface area (Å²) in [5, 5.41) is 0. The summed E-state index contributed by atoms with van der Waals surface area (Å²) in [6.45, 7) is 0.249. The molecule has 0 N–H and O–H groups in total. The number of carbonyl (C=O) groups is 1. The van der Waals surface area contributed by atoms with Crippen molar-refractivity contribution < 1.29 is 14.3 Å². The zero-order valence-corrected chi connectivity index (χ0v) is 10.2. The maximum Gasteiger partial charge on any atom is 0.258 e. The lowest BCUT2D eigenvalue weighted by atomic mass is 10.1. The molecular weight excluding hydrogens is 218 g/mol. The van der Waals surface area contributed by atoms with Gasteiger partial charge in [0.25, 0.3) is 5.91 Å². The molecule has 1 amide bonds. The Kier molecular flexibility index (Phi) is 4.41. The quantitative estimate of drug-likeness (QED) is 0.738. The minimum atomic E-state index is -0.196. The van der Waals surface area contributed by atoms with Crippen LogP contribution in [0.4, 0.5) is 0 Å². The molecule has 0 saturated heterocycles. The van der Waals surface area contributed by atoms with E-state index in [4.69, 9.17) is 15.9 Å². The molecule has 1 rings (SSSR count). The van der Waals surface area contributed by atoms with Crippen molar-refractivity contribution in [3.8, 4) is 23.8 Å². The largest absolute Gasteiger partial charge is 0.493 e. The van der Waals surface area contributed by atoms with Crippen LogP contribution < -0.4 is 9.47 Å². The van der Waals surface area contributed by atoms with Crippen LogP contribution in [0.5, 0.6) is 11.5 Å². The highest BCUT2D eigenvalue weighted by atomic mass is 16.5. The first kappa shape index (κ1) is 12.9. The van der Waals surface area contributed by atoms with E-state index in [2.05, 4.69) is 5.92 Å². The van der Waals surface area contributed by atoms with Gasteiger partial charge in [0.1, 0.15) is 0 Å². The first-order valence-corrected chi connectivity index (χ1v) is 5.05. The van der Waals surface area contributed by atoms with Crippen molar-refractivity contribution in [3.05, 3.63) is 23.8 Å². The number of terminal acetylenes is 1. The molecule has 0 saturated carbocycles. The van der Waals surface area contributed by atoms with E-state index in [9.17, 15) is 4.79 Å². The molecule has 0 aromatic heterocycles. The lowest BCUT2D eigenvalue weighted by Crippen LogP contribution is -2.27. The standard InChI is InChI=1S/C13H15NO3/c1-5-9-14(2)13(15)10-7-6-8-11(16-3)12(10)17-4/h1,6-8H,9H2,2-4H3. The molecule has 90 valence electrons. The van der Waals surface area contributed by atoms with Crippen LogP contribution in [0.1, 0.15) is 10.4 Å². The van der Waals surface area contributed by atoms with Gasteiger partial charge in [-0.25, -0.2) is 0 Å². The molecule has 0 heterocycles. The van der Waals surface area contributed by atoms with Gasteiger partial charge in [0.2, 0.25) is 0 Å². The summed E-state index contributed by atoms with van der Waals surface area (Å²) in [7, 11) is 4.66. The Bertz CT molecular complexity index is 448. The minimum absolute atomic E-state index is 0.196. The lowest BCUT2D eigenvalue weighted by Gasteiger charge is -2.17. The van der Waals surface area contributed by atoms with Crippen LogP contribution in [0.25, 0.3) is 0 Å². The smallest absolute Gasteiger partial charge is 0.258 e. The van der Waals surface area contributed by atoms with Crippen LogP contribution in [-0.4, -0.2) is 38.6 Å². The third-order valence-corrected chi connectivity index (χ3v) is 2.31. The molecule has 4 nitrogen and oxygen atoms in total. The first-order valence-electron chi connectivity index (χ1n) is 5.05. The molecule has 1 aromatic carbocycles. The van der Waals surface area contributed by atoms with E-state index >= 15 is 0 Å². The predicted octanol–water partition coefficient (Wildman–Crippen LogP) is 1.41. The summed E-state index contributed by atoms with van der Waals surface area (Å²) in [6.07, 6.45) is 5.17. The Morgan fingerprint density at radius 2 is 2.12 bits per heavy atom. The maximum absolute atomic E-state index is 12.1. The molecule has 0 bridgehead atoms. The average Bonchev–Trinajstić information content (AvgIpc) is 2.36. The predicted molar refractivity (Wildman–Crippen MR) is 65.3 cm³/mol. The number of para-hydroxylation sites is 1. The number of hydrogen-bond acceptors (Lipinski definition) is 3. The van der Waals surface area contributed by atoms with E-state index in [1.807, 2.05) is 0 Å². The maximum atomic E-state index is 12.1. The van der Waals surface area contributed by atoms with Gasteiger partial charge in [-0.1, -0.05) is 12.0 Å². The Hall–Kier alpha value is -2.15. The topological polar surface area (TPSA) is 38.8 Å². The summed E-state index contributed by atoms with van der Waals surface area (Å²) >= 11 is 0. The molecule has 1 aromatic rings. The fourth-order valence-electron chi connectivity index (χ4n) is 1.47. The zero-order valence-electron chi connectivity index (χ0n) is 10.2. The normalized spacial score (nSPS) is 9.29. The van der Waals surface area contributed by atoms with E-state index in [0.29, 0.717) is 17.1 Å². The van der Waals surface area contributed by atoms with Crippen LogP contribution >= 0.6 is 0 Å². The molecule has 0 aliphatic heterocycles. The number of carbonyl (C=O) groups excluding carboxylic acids is 1. The van der Waals surface area contributed by atoms with Crippen molar-refractivity contribution in [2.75, 3.05) is 27.8 Å². The molecule has 0 radical (unpaired) electrons. The molecule has 0 atom stereocenters. The van der Waals surface area contributed by atoms with E-state index in [1.54, 1.807) is 25.2 Å². The van der Waals surface area contributed by atoms with Gasteiger partial charge in [-0.2, -0.15) is 0 Å². The van der Waals surface area contributed by atoms with Crippen LogP contribution in [-0.2, 0) is 0 Å². The highest BCUT2D eigenvalue weighted by Crippen LogP contribution is 2.31. The number of nitrogens with zero attached hydrogens (tertiary/aromatic N) is 1. The van der Waals surface area contributed by atoms with Crippen LogP contribution in [0.15, 0.2) is 18.2 Å². The monoisotopic (exact) mass is 233 g/mol. The second kappa shape index (κ2) is 5.80. The number of benzene rings is 1. The molecule has 0 aliphatic carbocycles. The van der Waals surface area contributed by atoms with Crippen molar-refractivity contribution in [2.45, 2.75) is 0 Å². The number of rotatable bonds is 4. The van der Waals surface area contributed by atoms with Crippen molar-refractivity contribution in [1.82, 2.24) is 4.90 Å². The summed E-state index contributed by atoms with van der Waals surface area (Å²) in [6, 6.07) is 5.14. The Morgan fingerprint density at radius 1 is 1.41 bits per heavy atom. The van der Waals surface area contributed by atoms with Crippen molar-refractivity contribution in [2.24, 2.45) is 0 Å². The molecule has 0 spiro atoms. The summed E-state index contributed by atoms with van der Waals surface area (Å²) in [5.74, 6) is 3.16. The van der Waals surface area contributed by atoms with E-state index < -0.39 is 0 Å². The second-order valence-electron chi connectivity index (χ2n) is 3.41. The van der Waals surface area contributed by atoms with Gasteiger partial charge in [-0.15, -0.1) is 6.42 Å². The highest BCUT2D eigenvalue weighted by molar-refractivity contribution is 5.97. The third kappa shape index (κ3) is 2.70. The molecule has 0 unspecified atom stereocenters. The summed E-state index contributed by atoms with van der Waals surface area (Å²) < 4.78 is 10.3. The van der Waals surface area contributed by atoms with Crippen LogP contribution in [0, 0.1) is 12.3 Å². The SMILES string of the molecule is C#CCN(C)C(=O)c1cccc(OC)c1OC. The molecular formula is C13H15NO3. The summed E-state index contributed by atoms with van der Waals surface area (Å²) in [4.78, 5) is 13.5. The van der Waals surface area contributed by atoms with Crippen molar-refractivity contribution >= 4 is 5.91 Å². The summed E-state index contributed by atoms with van der Waals surface area (Å²) in [5.41, 5.74) is 0.435. The van der Waals surface area contributed by atoms with Gasteiger partial charge >= 0.3 is 0 Å². The van der Waals surface area contributed by atoms with Crippen LogP contribution in [0.2, 0.25) is 0 Å². The second-order valence-corrected chi connectivity index (χ2v) is 3.41. The first-order chi connectivity index (χ1) is 8.15. The third-order valence-electron chi connectivity index (χ3n) is 2.31. The number of hydrogen-bond donors (Lipinski definition) is 0. The van der Waals surface area contributed by atoms with Gasteiger partial charge in [0.15, 0.2) is 11.5 Å². The van der Waals surface area contributed by atoms with E-state index in [1.165, 1.54) is 19.1 Å². The van der Waals surface area contributed by atoms with Crippen molar-refractivity contribution in [1.29, 1.82) is 0 Å². The Balaban J connectivity index is 3.14. The Labute approximate surface area is 101 Å². The number of ether oxygens (including phenoxy) is 2. The Morgan fingerprint density at radius 3 is 2.65 bits per heavy atom. The van der Waals surface area contributed by atoms with Gasteiger partial charge in [-0.05, 0) is 12.1 Å². The zero-order chi connectivity index (χ0) is 12.8. The van der Waals surface area contributed by atoms with Gasteiger partial charge in [0.05, 0.1) is 26.3 Å². The molecule has 0 aliphatic rings. The van der Waals surface area contributed by atoms with Gasteiger partial charge < -0.3 is 14.4 Å². The van der Waals surface area contributed by atoms with Gasteiger partial charge in [0, 0.05) is 7.05 Å². The fourth-order valence-corrected chi connectivity index (χ4v) is 1.47. The molecule has 0 fully saturated rings.